The van der Waals surface area contributed by atoms with Crippen molar-refractivity contribution in [1.82, 2.24) is 16.0 Å². The Labute approximate surface area is 96.4 Å². The molecule has 2 amide bonds. The van der Waals surface area contributed by atoms with Gasteiger partial charge in [-0.3, -0.25) is 9.59 Å². The highest BCUT2D eigenvalue weighted by molar-refractivity contribution is 5.90. The van der Waals surface area contributed by atoms with Crippen LogP contribution in [0, 0.1) is 0 Å². The highest BCUT2D eigenvalue weighted by Gasteiger charge is 2.34. The van der Waals surface area contributed by atoms with Crippen LogP contribution >= 0.6 is 0 Å². The first-order chi connectivity index (χ1) is 7.58. The lowest BCUT2D eigenvalue weighted by Gasteiger charge is -2.33. The lowest BCUT2D eigenvalue weighted by atomic mass is 9.90. The van der Waals surface area contributed by atoms with Crippen LogP contribution in [0.4, 0.5) is 0 Å². The van der Waals surface area contributed by atoms with E-state index in [1.807, 2.05) is 13.8 Å². The van der Waals surface area contributed by atoms with Crippen LogP contribution in [0.5, 0.6) is 0 Å². The summed E-state index contributed by atoms with van der Waals surface area (Å²) in [6.45, 7) is 5.25. The molecule has 0 bridgehead atoms. The molecule has 92 valence electrons. The zero-order valence-electron chi connectivity index (χ0n) is 10.1. The van der Waals surface area contributed by atoms with E-state index in [1.54, 1.807) is 0 Å². The van der Waals surface area contributed by atoms with Gasteiger partial charge >= 0.3 is 0 Å². The molecule has 1 heterocycles. The van der Waals surface area contributed by atoms with Crippen LogP contribution < -0.4 is 16.0 Å². The molecule has 5 nitrogen and oxygen atoms in total. The normalized spacial score (nSPS) is 24.9. The standard InChI is InChI=1S/C11H21N3O2/c1-3-12-9(15)8-13-10(16)11(2)6-4-5-7-14-11/h14H,3-8H2,1-2H3,(H,12,15)(H,13,16). The fraction of sp³-hybridized carbons (Fsp3) is 0.818. The zero-order valence-corrected chi connectivity index (χ0v) is 10.1. The van der Waals surface area contributed by atoms with E-state index in [9.17, 15) is 9.59 Å². The van der Waals surface area contributed by atoms with Gasteiger partial charge in [-0.15, -0.1) is 0 Å². The number of nitrogens with one attached hydrogen (secondary N) is 3. The first-order valence-corrected chi connectivity index (χ1v) is 5.88. The molecule has 5 heteroatoms. The Hall–Kier alpha value is -1.10. The maximum atomic E-state index is 11.9. The van der Waals surface area contributed by atoms with E-state index in [1.165, 1.54) is 0 Å². The summed E-state index contributed by atoms with van der Waals surface area (Å²) in [5.41, 5.74) is -0.509. The number of likely N-dealkylation sites (N-methyl/N-ethyl adjacent to an activating group) is 1. The second-order valence-corrected chi connectivity index (χ2v) is 4.35. The van der Waals surface area contributed by atoms with Crippen molar-refractivity contribution in [3.05, 3.63) is 0 Å². The van der Waals surface area contributed by atoms with E-state index in [4.69, 9.17) is 0 Å². The fourth-order valence-electron chi connectivity index (χ4n) is 1.87. The minimum atomic E-state index is -0.509. The zero-order chi connectivity index (χ0) is 12.0. The van der Waals surface area contributed by atoms with Crippen LogP contribution in [0.25, 0.3) is 0 Å². The smallest absolute Gasteiger partial charge is 0.240 e. The highest BCUT2D eigenvalue weighted by Crippen LogP contribution is 2.18. The average molecular weight is 227 g/mol. The number of rotatable bonds is 4. The molecule has 0 aromatic rings. The van der Waals surface area contributed by atoms with E-state index < -0.39 is 5.54 Å². The third-order valence-corrected chi connectivity index (χ3v) is 2.90. The van der Waals surface area contributed by atoms with Gasteiger partial charge < -0.3 is 16.0 Å². The summed E-state index contributed by atoms with van der Waals surface area (Å²) in [6.07, 6.45) is 2.99. The highest BCUT2D eigenvalue weighted by atomic mass is 16.2. The van der Waals surface area contributed by atoms with Gasteiger partial charge in [-0.25, -0.2) is 0 Å². The number of carbonyl (C=O) groups is 2. The maximum Gasteiger partial charge on any atom is 0.240 e. The minimum Gasteiger partial charge on any atom is -0.355 e. The second-order valence-electron chi connectivity index (χ2n) is 4.35. The summed E-state index contributed by atoms with van der Waals surface area (Å²) in [6, 6.07) is 0. The molecule has 1 saturated heterocycles. The Morgan fingerprint density at radius 3 is 2.62 bits per heavy atom. The van der Waals surface area contributed by atoms with Gasteiger partial charge in [-0.2, -0.15) is 0 Å². The molecule has 3 N–H and O–H groups in total. The molecular formula is C11H21N3O2. The van der Waals surface area contributed by atoms with Crippen molar-refractivity contribution in [3.63, 3.8) is 0 Å². The van der Waals surface area contributed by atoms with Crippen molar-refractivity contribution in [2.75, 3.05) is 19.6 Å². The molecule has 0 spiro atoms. The maximum absolute atomic E-state index is 11.9. The molecule has 1 aliphatic heterocycles. The van der Waals surface area contributed by atoms with E-state index >= 15 is 0 Å². The molecule has 1 aliphatic rings. The van der Waals surface area contributed by atoms with E-state index in [-0.39, 0.29) is 18.4 Å². The summed E-state index contributed by atoms with van der Waals surface area (Å²) in [7, 11) is 0. The van der Waals surface area contributed by atoms with Crippen LogP contribution in [-0.4, -0.2) is 37.0 Å². The third-order valence-electron chi connectivity index (χ3n) is 2.90. The van der Waals surface area contributed by atoms with Crippen molar-refractivity contribution in [2.24, 2.45) is 0 Å². The van der Waals surface area contributed by atoms with Gasteiger partial charge in [0.1, 0.15) is 0 Å². The van der Waals surface area contributed by atoms with Crippen LogP contribution in [0.3, 0.4) is 0 Å². The lowest BCUT2D eigenvalue weighted by molar-refractivity contribution is -0.130. The summed E-state index contributed by atoms with van der Waals surface area (Å²) < 4.78 is 0. The van der Waals surface area contributed by atoms with Crippen molar-refractivity contribution in [2.45, 2.75) is 38.6 Å². The Morgan fingerprint density at radius 2 is 2.06 bits per heavy atom. The lowest BCUT2D eigenvalue weighted by Crippen LogP contribution is -2.57. The predicted octanol–water partition coefficient (Wildman–Crippen LogP) is -0.229. The van der Waals surface area contributed by atoms with Gasteiger partial charge in [-0.05, 0) is 39.7 Å². The van der Waals surface area contributed by atoms with Crippen LogP contribution in [0.1, 0.15) is 33.1 Å². The van der Waals surface area contributed by atoms with E-state index in [0.29, 0.717) is 6.54 Å². The Balaban J connectivity index is 2.36. The molecule has 0 aromatic heterocycles. The molecule has 1 rings (SSSR count). The van der Waals surface area contributed by atoms with Crippen LogP contribution in [0.15, 0.2) is 0 Å². The first-order valence-electron chi connectivity index (χ1n) is 5.88. The van der Waals surface area contributed by atoms with Gasteiger partial charge in [0.2, 0.25) is 11.8 Å². The van der Waals surface area contributed by atoms with Crippen LogP contribution in [0.2, 0.25) is 0 Å². The second kappa shape index (κ2) is 5.84. The van der Waals surface area contributed by atoms with Crippen molar-refractivity contribution < 1.29 is 9.59 Å². The van der Waals surface area contributed by atoms with Gasteiger partial charge in [0.25, 0.3) is 0 Å². The predicted molar refractivity (Wildman–Crippen MR) is 62.0 cm³/mol. The molecule has 1 fully saturated rings. The fourth-order valence-corrected chi connectivity index (χ4v) is 1.87. The van der Waals surface area contributed by atoms with Crippen LogP contribution in [-0.2, 0) is 9.59 Å². The van der Waals surface area contributed by atoms with Gasteiger partial charge in [-0.1, -0.05) is 0 Å². The molecule has 0 radical (unpaired) electrons. The van der Waals surface area contributed by atoms with Crippen molar-refractivity contribution in [1.29, 1.82) is 0 Å². The van der Waals surface area contributed by atoms with Gasteiger partial charge in [0.05, 0.1) is 12.1 Å². The van der Waals surface area contributed by atoms with E-state index in [0.717, 1.165) is 25.8 Å². The van der Waals surface area contributed by atoms with Crippen molar-refractivity contribution >= 4 is 11.8 Å². The first kappa shape index (κ1) is 13.0. The molecular weight excluding hydrogens is 206 g/mol. The Morgan fingerprint density at radius 1 is 1.31 bits per heavy atom. The molecule has 0 aliphatic carbocycles. The summed E-state index contributed by atoms with van der Waals surface area (Å²) in [5.74, 6) is -0.228. The number of carbonyl (C=O) groups excluding carboxylic acids is 2. The van der Waals surface area contributed by atoms with Crippen molar-refractivity contribution in [3.8, 4) is 0 Å². The number of hydrogen-bond donors (Lipinski definition) is 3. The summed E-state index contributed by atoms with van der Waals surface area (Å²) in [4.78, 5) is 23.1. The average Bonchev–Trinajstić information content (AvgIpc) is 2.27. The Bertz CT molecular complexity index is 260. The quantitative estimate of drug-likeness (QED) is 0.621. The SMILES string of the molecule is CCNC(=O)CNC(=O)C1(C)CCCCN1. The molecule has 16 heavy (non-hydrogen) atoms. The summed E-state index contributed by atoms with van der Waals surface area (Å²) in [5, 5.41) is 8.51. The topological polar surface area (TPSA) is 70.2 Å². The largest absolute Gasteiger partial charge is 0.355 e. The monoisotopic (exact) mass is 227 g/mol. The summed E-state index contributed by atoms with van der Waals surface area (Å²) >= 11 is 0. The van der Waals surface area contributed by atoms with E-state index in [2.05, 4.69) is 16.0 Å². The molecule has 0 aromatic carbocycles. The third kappa shape index (κ3) is 3.48. The van der Waals surface area contributed by atoms with Gasteiger partial charge in [0, 0.05) is 6.54 Å². The number of piperidine rings is 1. The Kier molecular flexibility index (Phi) is 4.73. The molecule has 1 atom stereocenters. The number of amides is 2. The molecule has 0 saturated carbocycles. The molecule has 1 unspecified atom stereocenters. The minimum absolute atomic E-state index is 0.0595. The number of hydrogen-bond acceptors (Lipinski definition) is 3. The van der Waals surface area contributed by atoms with Gasteiger partial charge in [0.15, 0.2) is 0 Å².